The highest BCUT2D eigenvalue weighted by Crippen LogP contribution is 2.31. The number of hydrogen-bond acceptors (Lipinski definition) is 4. The van der Waals surface area contributed by atoms with Gasteiger partial charge in [0.05, 0.1) is 10.7 Å². The van der Waals surface area contributed by atoms with E-state index in [0.29, 0.717) is 5.92 Å². The molecule has 4 heteroatoms. The first-order chi connectivity index (χ1) is 7.70. The molecular weight excluding hydrogens is 218 g/mol. The standard InChI is InChI=1S/C12H21N3S/c1-9-11(4-6-13-2)16-12(14-9)10-5-7-15(3)8-10/h10,13H,4-8H2,1-3H3. The Kier molecular flexibility index (Phi) is 3.95. The second kappa shape index (κ2) is 5.25. The Bertz CT molecular complexity index is 348. The molecule has 1 fully saturated rings. The van der Waals surface area contributed by atoms with E-state index in [1.165, 1.54) is 35.1 Å². The molecule has 16 heavy (non-hydrogen) atoms. The fourth-order valence-corrected chi connectivity index (χ4v) is 3.42. The Morgan fingerprint density at radius 1 is 1.56 bits per heavy atom. The minimum absolute atomic E-state index is 0.678. The third kappa shape index (κ3) is 2.62. The third-order valence-electron chi connectivity index (χ3n) is 3.25. The largest absolute Gasteiger partial charge is 0.319 e. The van der Waals surface area contributed by atoms with Crippen LogP contribution in [0.2, 0.25) is 0 Å². The van der Waals surface area contributed by atoms with E-state index in [-0.39, 0.29) is 0 Å². The highest BCUT2D eigenvalue weighted by molar-refractivity contribution is 7.11. The predicted octanol–water partition coefficient (Wildman–Crippen LogP) is 1.63. The summed E-state index contributed by atoms with van der Waals surface area (Å²) in [6.07, 6.45) is 2.39. The fraction of sp³-hybridized carbons (Fsp3) is 0.750. The number of aromatic nitrogens is 1. The van der Waals surface area contributed by atoms with Gasteiger partial charge in [-0.15, -0.1) is 11.3 Å². The summed E-state index contributed by atoms with van der Waals surface area (Å²) in [6.45, 7) is 5.59. The lowest BCUT2D eigenvalue weighted by atomic mass is 10.1. The molecule has 1 aliphatic heterocycles. The summed E-state index contributed by atoms with van der Waals surface area (Å²) < 4.78 is 0. The second-order valence-corrected chi connectivity index (χ2v) is 5.78. The number of rotatable bonds is 4. The summed E-state index contributed by atoms with van der Waals surface area (Å²) in [5.41, 5.74) is 1.24. The molecule has 2 heterocycles. The molecule has 0 spiro atoms. The number of thiazole rings is 1. The van der Waals surface area contributed by atoms with Crippen LogP contribution in [0.25, 0.3) is 0 Å². The van der Waals surface area contributed by atoms with E-state index >= 15 is 0 Å². The molecule has 0 bridgehead atoms. The van der Waals surface area contributed by atoms with Crippen molar-refractivity contribution in [3.63, 3.8) is 0 Å². The Balaban J connectivity index is 2.05. The molecule has 1 aromatic rings. The zero-order valence-corrected chi connectivity index (χ0v) is 11.2. The number of likely N-dealkylation sites (N-methyl/N-ethyl adjacent to an activating group) is 2. The molecule has 0 saturated carbocycles. The van der Waals surface area contributed by atoms with Gasteiger partial charge in [-0.05, 0) is 47.0 Å². The highest BCUT2D eigenvalue weighted by atomic mass is 32.1. The van der Waals surface area contributed by atoms with Gasteiger partial charge in [-0.1, -0.05) is 0 Å². The second-order valence-electron chi connectivity index (χ2n) is 4.66. The first kappa shape index (κ1) is 12.0. The minimum Gasteiger partial charge on any atom is -0.319 e. The third-order valence-corrected chi connectivity index (χ3v) is 4.63. The molecule has 0 aromatic carbocycles. The van der Waals surface area contributed by atoms with Gasteiger partial charge in [0, 0.05) is 17.3 Å². The molecule has 1 aromatic heterocycles. The van der Waals surface area contributed by atoms with Crippen LogP contribution in [0.4, 0.5) is 0 Å². The van der Waals surface area contributed by atoms with E-state index in [2.05, 4.69) is 24.2 Å². The molecule has 0 aliphatic carbocycles. The Labute approximate surface area is 102 Å². The van der Waals surface area contributed by atoms with Crippen LogP contribution in [-0.2, 0) is 6.42 Å². The average molecular weight is 239 g/mol. The zero-order valence-electron chi connectivity index (χ0n) is 10.4. The predicted molar refractivity (Wildman–Crippen MR) is 69.3 cm³/mol. The monoisotopic (exact) mass is 239 g/mol. The Hall–Kier alpha value is -0.450. The Morgan fingerprint density at radius 2 is 2.38 bits per heavy atom. The van der Waals surface area contributed by atoms with Crippen molar-refractivity contribution in [2.45, 2.75) is 25.7 Å². The van der Waals surface area contributed by atoms with Gasteiger partial charge in [0.15, 0.2) is 0 Å². The molecule has 1 unspecified atom stereocenters. The van der Waals surface area contributed by atoms with Gasteiger partial charge in [0.25, 0.3) is 0 Å². The van der Waals surface area contributed by atoms with Crippen molar-refractivity contribution >= 4 is 11.3 Å². The lowest BCUT2D eigenvalue weighted by Crippen LogP contribution is -2.13. The fourth-order valence-electron chi connectivity index (χ4n) is 2.23. The van der Waals surface area contributed by atoms with Gasteiger partial charge in [0.1, 0.15) is 0 Å². The van der Waals surface area contributed by atoms with Crippen LogP contribution < -0.4 is 5.32 Å². The van der Waals surface area contributed by atoms with Crippen molar-refractivity contribution in [2.75, 3.05) is 33.7 Å². The summed E-state index contributed by atoms with van der Waals surface area (Å²) >= 11 is 1.92. The van der Waals surface area contributed by atoms with E-state index in [9.17, 15) is 0 Å². The normalized spacial score (nSPS) is 21.8. The van der Waals surface area contributed by atoms with Crippen molar-refractivity contribution < 1.29 is 0 Å². The lowest BCUT2D eigenvalue weighted by molar-refractivity contribution is 0.411. The number of nitrogens with one attached hydrogen (secondary N) is 1. The zero-order chi connectivity index (χ0) is 11.5. The molecule has 0 radical (unpaired) electrons. The number of likely N-dealkylation sites (tertiary alicyclic amines) is 1. The molecule has 2 rings (SSSR count). The summed E-state index contributed by atoms with van der Waals surface area (Å²) in [6, 6.07) is 0. The van der Waals surface area contributed by atoms with Gasteiger partial charge >= 0.3 is 0 Å². The van der Waals surface area contributed by atoms with E-state index in [1.807, 2.05) is 18.4 Å². The van der Waals surface area contributed by atoms with Gasteiger partial charge in [0.2, 0.25) is 0 Å². The highest BCUT2D eigenvalue weighted by Gasteiger charge is 2.24. The van der Waals surface area contributed by atoms with Crippen LogP contribution in [0.3, 0.4) is 0 Å². The van der Waals surface area contributed by atoms with Crippen LogP contribution in [0.5, 0.6) is 0 Å². The quantitative estimate of drug-likeness (QED) is 0.865. The number of nitrogens with zero attached hydrogens (tertiary/aromatic N) is 2. The first-order valence-corrected chi connectivity index (χ1v) is 6.81. The summed E-state index contributed by atoms with van der Waals surface area (Å²) in [4.78, 5) is 8.60. The van der Waals surface area contributed by atoms with Crippen LogP contribution in [-0.4, -0.2) is 43.6 Å². The summed E-state index contributed by atoms with van der Waals surface area (Å²) in [5, 5.41) is 4.55. The smallest absolute Gasteiger partial charge is 0.0975 e. The maximum atomic E-state index is 4.74. The lowest BCUT2D eigenvalue weighted by Gasteiger charge is -2.06. The van der Waals surface area contributed by atoms with Crippen molar-refractivity contribution in [1.82, 2.24) is 15.2 Å². The maximum absolute atomic E-state index is 4.74. The minimum atomic E-state index is 0.678. The molecule has 1 saturated heterocycles. The van der Waals surface area contributed by atoms with E-state index in [4.69, 9.17) is 4.98 Å². The molecule has 1 atom stereocenters. The van der Waals surface area contributed by atoms with Crippen LogP contribution in [0.15, 0.2) is 0 Å². The van der Waals surface area contributed by atoms with Crippen molar-refractivity contribution in [2.24, 2.45) is 0 Å². The molecule has 0 amide bonds. The van der Waals surface area contributed by atoms with Crippen LogP contribution >= 0.6 is 11.3 Å². The number of aryl methyl sites for hydroxylation is 1. The molecule has 1 aliphatic rings. The van der Waals surface area contributed by atoms with Crippen LogP contribution in [0.1, 0.15) is 27.9 Å². The maximum Gasteiger partial charge on any atom is 0.0975 e. The van der Waals surface area contributed by atoms with Crippen molar-refractivity contribution in [1.29, 1.82) is 0 Å². The van der Waals surface area contributed by atoms with Crippen molar-refractivity contribution in [3.05, 3.63) is 15.6 Å². The molecule has 1 N–H and O–H groups in total. The molecule has 90 valence electrons. The molecular formula is C12H21N3S. The summed E-state index contributed by atoms with van der Waals surface area (Å²) in [7, 11) is 4.20. The van der Waals surface area contributed by atoms with Gasteiger partial charge in [-0.3, -0.25) is 0 Å². The van der Waals surface area contributed by atoms with Gasteiger partial charge in [-0.2, -0.15) is 0 Å². The first-order valence-electron chi connectivity index (χ1n) is 6.00. The number of hydrogen-bond donors (Lipinski definition) is 1. The summed E-state index contributed by atoms with van der Waals surface area (Å²) in [5.74, 6) is 0.678. The molecule has 3 nitrogen and oxygen atoms in total. The average Bonchev–Trinajstić information content (AvgIpc) is 2.82. The van der Waals surface area contributed by atoms with E-state index in [0.717, 1.165) is 13.0 Å². The Morgan fingerprint density at radius 3 is 3.00 bits per heavy atom. The SMILES string of the molecule is CNCCc1sc(C2CCN(C)C2)nc1C. The van der Waals surface area contributed by atoms with Crippen LogP contribution in [0, 0.1) is 6.92 Å². The topological polar surface area (TPSA) is 28.2 Å². The van der Waals surface area contributed by atoms with Gasteiger partial charge in [-0.25, -0.2) is 4.98 Å². The van der Waals surface area contributed by atoms with Crippen molar-refractivity contribution in [3.8, 4) is 0 Å². The van der Waals surface area contributed by atoms with Gasteiger partial charge < -0.3 is 10.2 Å². The van der Waals surface area contributed by atoms with E-state index in [1.54, 1.807) is 0 Å². The van der Waals surface area contributed by atoms with E-state index < -0.39 is 0 Å².